The number of aromatic nitrogens is 3. The molecule has 0 amide bonds. The van der Waals surface area contributed by atoms with E-state index >= 15 is 0 Å². The zero-order valence-electron chi connectivity index (χ0n) is 24.6. The van der Waals surface area contributed by atoms with Crippen molar-refractivity contribution in [2.24, 2.45) is 0 Å². The van der Waals surface area contributed by atoms with Gasteiger partial charge in [0.05, 0.1) is 11.0 Å². The fourth-order valence-corrected chi connectivity index (χ4v) is 7.60. The topological polar surface area (TPSA) is 88.3 Å². The monoisotopic (exact) mass is 616 g/mol. The van der Waals surface area contributed by atoms with Crippen LogP contribution in [-0.4, -0.2) is 51.6 Å². The van der Waals surface area contributed by atoms with Crippen LogP contribution in [-0.2, 0) is 23.0 Å². The molecular weight excluding hydrogens is 582 g/mol. The number of β-amino-alcohol motifs (C(OH)–C–C–N with tert-alkyl or cyclic N) is 1. The van der Waals surface area contributed by atoms with E-state index in [0.717, 1.165) is 48.2 Å². The highest BCUT2D eigenvalue weighted by atomic mass is 32.2. The zero-order valence-corrected chi connectivity index (χ0v) is 25.4. The molecule has 1 saturated heterocycles. The number of halogens is 2. The van der Waals surface area contributed by atoms with Crippen molar-refractivity contribution in [3.05, 3.63) is 102 Å². The number of pyridine rings is 2. The molecule has 228 valence electrons. The van der Waals surface area contributed by atoms with Gasteiger partial charge in [0.1, 0.15) is 5.69 Å². The van der Waals surface area contributed by atoms with Gasteiger partial charge in [-0.3, -0.25) is 9.88 Å². The Kier molecular flexibility index (Phi) is 8.32. The zero-order chi connectivity index (χ0) is 31.0. The van der Waals surface area contributed by atoms with E-state index in [1.165, 1.54) is 16.2 Å². The summed E-state index contributed by atoms with van der Waals surface area (Å²) in [7, 11) is -4.07. The summed E-state index contributed by atoms with van der Waals surface area (Å²) in [6.07, 6.45) is 2.04. The molecule has 7 nitrogen and oxygen atoms in total. The minimum atomic E-state index is -4.07. The number of hydrogen-bond donors (Lipinski definition) is 1. The molecule has 1 atom stereocenters. The quantitative estimate of drug-likeness (QED) is 0.207. The summed E-state index contributed by atoms with van der Waals surface area (Å²) < 4.78 is 56.9. The highest BCUT2D eigenvalue weighted by molar-refractivity contribution is 7.90. The molecule has 0 saturated carbocycles. The van der Waals surface area contributed by atoms with Gasteiger partial charge in [-0.2, -0.15) is 0 Å². The Bertz CT molecular complexity index is 1910. The predicted octanol–water partition coefficient (Wildman–Crippen LogP) is 6.77. The fraction of sp³-hybridized carbons (Fsp3) is 0.294. The average molecular weight is 617 g/mol. The third-order valence-electron chi connectivity index (χ3n) is 8.22. The summed E-state index contributed by atoms with van der Waals surface area (Å²) in [5.41, 5.74) is 5.01. The van der Waals surface area contributed by atoms with Crippen LogP contribution in [0.15, 0.2) is 84.0 Å². The molecule has 6 rings (SSSR count). The Morgan fingerprint density at radius 2 is 1.73 bits per heavy atom. The Morgan fingerprint density at radius 1 is 0.977 bits per heavy atom. The number of rotatable bonds is 8. The first-order chi connectivity index (χ1) is 21.2. The second kappa shape index (κ2) is 12.2. The van der Waals surface area contributed by atoms with Crippen LogP contribution < -0.4 is 0 Å². The van der Waals surface area contributed by atoms with Crippen molar-refractivity contribution in [1.82, 2.24) is 18.8 Å². The maximum Gasteiger partial charge on any atom is 0.280 e. The Labute approximate surface area is 255 Å². The van der Waals surface area contributed by atoms with Gasteiger partial charge in [0, 0.05) is 47.7 Å². The first-order valence-corrected chi connectivity index (χ1v) is 16.2. The van der Waals surface area contributed by atoms with E-state index in [2.05, 4.69) is 14.9 Å². The van der Waals surface area contributed by atoms with Crippen LogP contribution in [0.3, 0.4) is 0 Å². The average Bonchev–Trinajstić information content (AvgIpc) is 3.36. The van der Waals surface area contributed by atoms with Gasteiger partial charge in [-0.15, -0.1) is 0 Å². The summed E-state index contributed by atoms with van der Waals surface area (Å²) in [6, 6.07) is 19.5. The Hall–Kier alpha value is -3.99. The Morgan fingerprint density at radius 3 is 2.41 bits per heavy atom. The summed E-state index contributed by atoms with van der Waals surface area (Å²) in [4.78, 5) is 10.9. The van der Waals surface area contributed by atoms with E-state index in [4.69, 9.17) is 0 Å². The molecule has 1 aliphatic rings. The first-order valence-electron chi connectivity index (χ1n) is 14.8. The lowest BCUT2D eigenvalue weighted by molar-refractivity contribution is 0.0668. The lowest BCUT2D eigenvalue weighted by atomic mass is 9.99. The number of nitrogens with zero attached hydrogens (tertiary/aromatic N) is 4. The normalized spacial score (nSPS) is 16.2. The number of likely N-dealkylation sites (tertiary alicyclic amines) is 1. The molecule has 44 heavy (non-hydrogen) atoms. The number of aryl methyl sites for hydroxylation is 1. The molecule has 3 aromatic heterocycles. The molecule has 0 aliphatic carbocycles. The summed E-state index contributed by atoms with van der Waals surface area (Å²) in [6.45, 7) is 6.08. The first kappa shape index (κ1) is 30.1. The second-order valence-corrected chi connectivity index (χ2v) is 13.1. The molecule has 0 bridgehead atoms. The largest absolute Gasteiger partial charge is 0.392 e. The van der Waals surface area contributed by atoms with Crippen LogP contribution in [0.4, 0.5) is 8.78 Å². The molecule has 1 fully saturated rings. The summed E-state index contributed by atoms with van der Waals surface area (Å²) >= 11 is 0. The van der Waals surface area contributed by atoms with Crippen molar-refractivity contribution in [2.45, 2.75) is 57.1 Å². The summed E-state index contributed by atoms with van der Waals surface area (Å²) in [5.74, 6) is 0. The molecule has 2 aromatic carbocycles. The maximum absolute atomic E-state index is 14.1. The van der Waals surface area contributed by atoms with Gasteiger partial charge in [-0.05, 0) is 79.8 Å². The number of hydrogen-bond acceptors (Lipinski definition) is 6. The highest BCUT2D eigenvalue weighted by Crippen LogP contribution is 2.39. The second-order valence-electron chi connectivity index (χ2n) is 11.4. The van der Waals surface area contributed by atoms with Crippen LogP contribution in [0.5, 0.6) is 0 Å². The van der Waals surface area contributed by atoms with Crippen molar-refractivity contribution in [1.29, 1.82) is 0 Å². The van der Waals surface area contributed by atoms with Crippen molar-refractivity contribution in [2.75, 3.05) is 13.1 Å². The molecule has 1 N–H and O–H groups in total. The van der Waals surface area contributed by atoms with Gasteiger partial charge in [-0.1, -0.05) is 48.9 Å². The van der Waals surface area contributed by atoms with E-state index in [1.807, 2.05) is 44.2 Å². The van der Waals surface area contributed by atoms with Gasteiger partial charge < -0.3 is 5.11 Å². The highest BCUT2D eigenvalue weighted by Gasteiger charge is 2.29. The molecule has 1 aliphatic heterocycles. The van der Waals surface area contributed by atoms with Gasteiger partial charge in [-0.25, -0.2) is 26.2 Å². The van der Waals surface area contributed by atoms with Crippen molar-refractivity contribution in [3.63, 3.8) is 0 Å². The standard InChI is InChI=1S/C34H34F2N4O3S/c1-3-31-32(25-14-15-37-30(18-25)33(35)36)29-17-26(24-10-8-23(9-11-24)20-39-16-4-5-27(41)21-39)19-38-34(29)40(31)44(42,43)28-12-6-22(2)7-13-28/h6-15,17-19,27,33,41H,3-5,16,20-21H2,1-2H3. The predicted molar refractivity (Wildman–Crippen MR) is 167 cm³/mol. The van der Waals surface area contributed by atoms with Gasteiger partial charge in [0.25, 0.3) is 16.4 Å². The van der Waals surface area contributed by atoms with Crippen molar-refractivity contribution in [3.8, 4) is 22.3 Å². The van der Waals surface area contributed by atoms with Crippen molar-refractivity contribution < 1.29 is 22.3 Å². The van der Waals surface area contributed by atoms with E-state index in [-0.39, 0.29) is 22.3 Å². The number of alkyl halides is 2. The molecule has 5 aromatic rings. The molecular formula is C34H34F2N4O3S. The van der Waals surface area contributed by atoms with Crippen LogP contribution >= 0.6 is 0 Å². The third kappa shape index (κ3) is 5.77. The smallest absolute Gasteiger partial charge is 0.280 e. The number of aliphatic hydroxyl groups is 1. The van der Waals surface area contributed by atoms with E-state index in [0.29, 0.717) is 35.2 Å². The van der Waals surface area contributed by atoms with E-state index in [1.54, 1.807) is 36.5 Å². The molecule has 10 heteroatoms. The van der Waals surface area contributed by atoms with E-state index in [9.17, 15) is 22.3 Å². The van der Waals surface area contributed by atoms with Crippen LogP contribution in [0.2, 0.25) is 0 Å². The number of aliphatic hydroxyl groups excluding tert-OH is 1. The van der Waals surface area contributed by atoms with E-state index < -0.39 is 16.4 Å². The van der Waals surface area contributed by atoms with Gasteiger partial charge >= 0.3 is 0 Å². The SMILES string of the molecule is CCc1c(-c2ccnc(C(F)F)c2)c2cc(-c3ccc(CN4CCCC(O)C4)cc3)cnc2n1S(=O)(=O)c1ccc(C)cc1. The van der Waals surface area contributed by atoms with Crippen LogP contribution in [0.25, 0.3) is 33.3 Å². The Balaban J connectivity index is 1.49. The lowest BCUT2D eigenvalue weighted by Crippen LogP contribution is -2.37. The molecule has 0 radical (unpaired) electrons. The fourth-order valence-electron chi connectivity index (χ4n) is 6.02. The van der Waals surface area contributed by atoms with Crippen molar-refractivity contribution >= 4 is 21.1 Å². The molecule has 4 heterocycles. The minimum absolute atomic E-state index is 0.118. The number of benzene rings is 2. The lowest BCUT2D eigenvalue weighted by Gasteiger charge is -2.29. The maximum atomic E-state index is 14.1. The number of piperidine rings is 1. The third-order valence-corrected chi connectivity index (χ3v) is 9.97. The minimum Gasteiger partial charge on any atom is -0.392 e. The van der Waals surface area contributed by atoms with Crippen LogP contribution in [0, 0.1) is 6.92 Å². The number of fused-ring (bicyclic) bond motifs is 1. The van der Waals surface area contributed by atoms with Gasteiger partial charge in [0.15, 0.2) is 5.65 Å². The molecule has 0 spiro atoms. The molecule has 1 unspecified atom stereocenters. The van der Waals surface area contributed by atoms with Crippen LogP contribution in [0.1, 0.15) is 48.7 Å². The summed E-state index contributed by atoms with van der Waals surface area (Å²) in [5, 5.41) is 10.6. The van der Waals surface area contributed by atoms with Gasteiger partial charge in [0.2, 0.25) is 0 Å².